The van der Waals surface area contributed by atoms with E-state index in [4.69, 9.17) is 15.2 Å². The highest BCUT2D eigenvalue weighted by molar-refractivity contribution is 8.01. The van der Waals surface area contributed by atoms with Crippen LogP contribution in [0, 0.1) is 6.92 Å². The lowest BCUT2D eigenvalue weighted by Crippen LogP contribution is -2.71. The molecule has 0 saturated carbocycles. The van der Waals surface area contributed by atoms with Crippen LogP contribution in [0.4, 0.5) is 0 Å². The zero-order valence-corrected chi connectivity index (χ0v) is 24.6. The number of aryl methyl sites for hydroxylation is 1. The van der Waals surface area contributed by atoms with E-state index in [2.05, 4.69) is 15.5 Å². The molecule has 4 rings (SSSR count). The Labute approximate surface area is 247 Å². The molecule has 41 heavy (non-hydrogen) atoms. The number of β-lactam (4-membered cyclic amide) rings is 1. The van der Waals surface area contributed by atoms with Crippen molar-refractivity contribution in [3.05, 3.63) is 51.7 Å². The first-order chi connectivity index (χ1) is 19.5. The summed E-state index contributed by atoms with van der Waals surface area (Å²) in [6.45, 7) is 3.86. The normalized spacial score (nSPS) is 19.5. The number of ether oxygens (including phenoxy) is 2. The molecule has 0 spiro atoms. The Kier molecular flexibility index (Phi) is 9.80. The first kappa shape index (κ1) is 30.6. The lowest BCUT2D eigenvalue weighted by atomic mass is 9.95. The van der Waals surface area contributed by atoms with Gasteiger partial charge in [0.25, 0.3) is 11.8 Å². The fourth-order valence-corrected chi connectivity index (χ4v) is 7.38. The van der Waals surface area contributed by atoms with E-state index in [0.29, 0.717) is 21.4 Å². The molecule has 13 nitrogen and oxygen atoms in total. The van der Waals surface area contributed by atoms with Gasteiger partial charge in [0.1, 0.15) is 22.1 Å². The second kappa shape index (κ2) is 13.1. The van der Waals surface area contributed by atoms with Crippen molar-refractivity contribution in [1.29, 1.82) is 0 Å². The molecule has 0 aliphatic carbocycles. The fraction of sp³-hybridized carbons (Fsp3) is 0.400. The van der Waals surface area contributed by atoms with E-state index in [0.717, 1.165) is 11.9 Å². The minimum atomic E-state index is -1.74. The Morgan fingerprint density at radius 2 is 1.98 bits per heavy atom. The molecule has 218 valence electrons. The molecule has 2 unspecified atom stereocenters. The van der Waals surface area contributed by atoms with Crippen LogP contribution < -0.4 is 11.1 Å². The van der Waals surface area contributed by atoms with Crippen LogP contribution in [-0.2, 0) is 28.7 Å². The molecule has 4 N–H and O–H groups in total. The number of amides is 2. The number of rotatable bonds is 11. The Bertz CT molecular complexity index is 1410. The van der Waals surface area contributed by atoms with E-state index >= 15 is 0 Å². The lowest BCUT2D eigenvalue weighted by molar-refractivity contribution is -0.166. The smallest absolute Gasteiger partial charge is 0.357 e. The number of aliphatic hydroxyl groups excluding tert-OH is 1. The zero-order valence-electron chi connectivity index (χ0n) is 22.2. The summed E-state index contributed by atoms with van der Waals surface area (Å²) in [6.07, 6.45) is -1.74. The standard InChI is InChI=1S/C25H27N5O8S3/c1-11(26)19(32)15-6-4-5-7-16(15)20(33)21(34)27-17-22(35)30-18(24(36)38-10-37-13(3)31)14(8-39-23(17)30)9-40-25-29-28-12(2)41-25/h4-7,11,17,20,23,33H,8-10,26H2,1-3H3,(H,27,34)/t11-,17?,20?,23-/m0/s1. The summed E-state index contributed by atoms with van der Waals surface area (Å²) >= 11 is 4.06. The van der Waals surface area contributed by atoms with E-state index in [1.165, 1.54) is 58.8 Å². The number of benzene rings is 1. The number of hydrogen-bond donors (Lipinski definition) is 3. The predicted octanol–water partition coefficient (Wildman–Crippen LogP) is 0.920. The van der Waals surface area contributed by atoms with Gasteiger partial charge in [-0.05, 0) is 19.4 Å². The number of nitrogens with zero attached hydrogens (tertiary/aromatic N) is 3. The minimum absolute atomic E-state index is 0.00133. The van der Waals surface area contributed by atoms with Gasteiger partial charge in [-0.15, -0.1) is 22.0 Å². The van der Waals surface area contributed by atoms with E-state index in [1.807, 2.05) is 6.92 Å². The van der Waals surface area contributed by atoms with Crippen LogP contribution in [0.25, 0.3) is 0 Å². The summed E-state index contributed by atoms with van der Waals surface area (Å²) in [5.41, 5.74) is 6.47. The van der Waals surface area contributed by atoms with Gasteiger partial charge in [-0.1, -0.05) is 47.4 Å². The van der Waals surface area contributed by atoms with Gasteiger partial charge in [0.2, 0.25) is 6.79 Å². The second-order valence-electron chi connectivity index (χ2n) is 9.05. The third-order valence-corrected chi connectivity index (χ3v) is 9.45. The molecular weight excluding hydrogens is 595 g/mol. The summed E-state index contributed by atoms with van der Waals surface area (Å²) in [7, 11) is 0. The topological polar surface area (TPSA) is 191 Å². The molecular formula is C25H27N5O8S3. The van der Waals surface area contributed by atoms with Crippen molar-refractivity contribution in [2.75, 3.05) is 18.3 Å². The quantitative estimate of drug-likeness (QED) is 0.106. The molecule has 3 heterocycles. The van der Waals surface area contributed by atoms with E-state index in [-0.39, 0.29) is 16.8 Å². The molecule has 1 aromatic heterocycles. The van der Waals surface area contributed by atoms with Crippen molar-refractivity contribution in [2.45, 2.75) is 48.7 Å². The first-order valence-corrected chi connectivity index (χ1v) is 15.1. The van der Waals surface area contributed by atoms with E-state index in [1.54, 1.807) is 12.1 Å². The second-order valence-corrected chi connectivity index (χ2v) is 12.6. The maximum atomic E-state index is 13.3. The Morgan fingerprint density at radius 3 is 2.63 bits per heavy atom. The van der Waals surface area contributed by atoms with Crippen molar-refractivity contribution in [3.63, 3.8) is 0 Å². The molecule has 2 aliphatic heterocycles. The van der Waals surface area contributed by atoms with Gasteiger partial charge >= 0.3 is 11.9 Å². The van der Waals surface area contributed by atoms with Crippen molar-refractivity contribution in [1.82, 2.24) is 20.4 Å². The molecule has 2 amide bonds. The van der Waals surface area contributed by atoms with Crippen LogP contribution in [0.5, 0.6) is 0 Å². The van der Waals surface area contributed by atoms with Crippen molar-refractivity contribution >= 4 is 64.4 Å². The van der Waals surface area contributed by atoms with E-state index in [9.17, 15) is 29.1 Å². The maximum Gasteiger partial charge on any atom is 0.357 e. The number of carbonyl (C=O) groups is 5. The first-order valence-electron chi connectivity index (χ1n) is 12.3. The Morgan fingerprint density at radius 1 is 1.24 bits per heavy atom. The third kappa shape index (κ3) is 6.78. The monoisotopic (exact) mass is 621 g/mol. The molecule has 1 saturated heterocycles. The molecule has 1 fully saturated rings. The van der Waals surface area contributed by atoms with Crippen LogP contribution in [0.1, 0.15) is 40.9 Å². The number of thioether (sulfide) groups is 2. The molecule has 0 bridgehead atoms. The highest BCUT2D eigenvalue weighted by Gasteiger charge is 2.54. The van der Waals surface area contributed by atoms with Gasteiger partial charge in [-0.2, -0.15) is 0 Å². The van der Waals surface area contributed by atoms with Crippen LogP contribution in [0.15, 0.2) is 39.9 Å². The SMILES string of the molecule is CC(=O)OCOC(=O)C1=C(CSc2nnc(C)s2)CS[C@H]2C(NC(=O)C(O)c3ccccc3C(=O)[C@H](C)N)C(=O)N12. The number of esters is 2. The van der Waals surface area contributed by atoms with Crippen molar-refractivity contribution in [2.24, 2.45) is 5.73 Å². The molecule has 2 aromatic rings. The van der Waals surface area contributed by atoms with Crippen LogP contribution in [0.2, 0.25) is 0 Å². The number of aromatic nitrogens is 2. The number of aliphatic hydroxyl groups is 1. The van der Waals surface area contributed by atoms with Crippen LogP contribution in [0.3, 0.4) is 0 Å². The Balaban J connectivity index is 1.51. The van der Waals surface area contributed by atoms with Gasteiger partial charge in [-0.3, -0.25) is 24.1 Å². The van der Waals surface area contributed by atoms with Gasteiger partial charge in [-0.25, -0.2) is 4.79 Å². The number of ketones is 1. The summed E-state index contributed by atoms with van der Waals surface area (Å²) in [6, 6.07) is 4.17. The summed E-state index contributed by atoms with van der Waals surface area (Å²) in [4.78, 5) is 64.1. The lowest BCUT2D eigenvalue weighted by Gasteiger charge is -2.49. The zero-order chi connectivity index (χ0) is 29.8. The number of nitrogens with one attached hydrogen (secondary N) is 1. The number of Topliss-reactive ketones (excluding diaryl/α,β-unsaturated/α-hetero) is 1. The molecule has 16 heteroatoms. The average molecular weight is 622 g/mol. The highest BCUT2D eigenvalue weighted by Crippen LogP contribution is 2.42. The molecule has 4 atom stereocenters. The van der Waals surface area contributed by atoms with E-state index < -0.39 is 59.9 Å². The minimum Gasteiger partial charge on any atom is -0.428 e. The molecule has 1 aromatic carbocycles. The fourth-order valence-electron chi connectivity index (χ4n) is 4.08. The molecule has 0 radical (unpaired) electrons. The van der Waals surface area contributed by atoms with Gasteiger partial charge in [0.15, 0.2) is 16.2 Å². The number of fused-ring (bicyclic) bond motifs is 1. The summed E-state index contributed by atoms with van der Waals surface area (Å²) in [5, 5.41) is 21.5. The largest absolute Gasteiger partial charge is 0.428 e. The highest BCUT2D eigenvalue weighted by atomic mass is 32.2. The van der Waals surface area contributed by atoms with Crippen LogP contribution >= 0.6 is 34.9 Å². The molecule has 2 aliphatic rings. The number of hydrogen-bond acceptors (Lipinski definition) is 14. The number of carbonyl (C=O) groups excluding carboxylic acids is 5. The van der Waals surface area contributed by atoms with Gasteiger partial charge in [0, 0.05) is 29.6 Å². The summed E-state index contributed by atoms with van der Waals surface area (Å²) < 4.78 is 10.5. The van der Waals surface area contributed by atoms with Crippen molar-refractivity contribution < 1.29 is 38.6 Å². The van der Waals surface area contributed by atoms with Gasteiger partial charge in [0.05, 0.1) is 6.04 Å². The predicted molar refractivity (Wildman–Crippen MR) is 150 cm³/mol. The average Bonchev–Trinajstić information content (AvgIpc) is 3.37. The number of nitrogens with two attached hydrogens (primary N) is 1. The van der Waals surface area contributed by atoms with Gasteiger partial charge < -0.3 is 25.6 Å². The Hall–Kier alpha value is -3.31. The maximum absolute atomic E-state index is 13.3. The summed E-state index contributed by atoms with van der Waals surface area (Å²) in [5.74, 6) is -2.77. The third-order valence-electron chi connectivity index (χ3n) is 6.05. The van der Waals surface area contributed by atoms with Crippen LogP contribution in [-0.4, -0.2) is 85.5 Å². The van der Waals surface area contributed by atoms with Crippen molar-refractivity contribution in [3.8, 4) is 0 Å².